The zero-order valence-corrected chi connectivity index (χ0v) is 18.4. The third-order valence-corrected chi connectivity index (χ3v) is 5.02. The zero-order chi connectivity index (χ0) is 23.0. The van der Waals surface area contributed by atoms with Gasteiger partial charge >= 0.3 is 12.0 Å². The zero-order valence-electron chi connectivity index (χ0n) is 17.6. The number of rotatable bonds is 11. The summed E-state index contributed by atoms with van der Waals surface area (Å²) >= 11 is 5.95. The van der Waals surface area contributed by atoms with Gasteiger partial charge in [-0.3, -0.25) is 0 Å². The summed E-state index contributed by atoms with van der Waals surface area (Å²) < 4.78 is 22.4. The Bertz CT molecular complexity index is 1190. The SMILES string of the molecule is O=C(O)C(CCCOCc1ccccc1)Oc1ccc(Oc2nc3ccc(Cl)cc3o2)cc1. The number of hydrogen-bond donors (Lipinski definition) is 1. The molecule has 4 aromatic rings. The maximum absolute atomic E-state index is 11.6. The van der Waals surface area contributed by atoms with Gasteiger partial charge in [0.1, 0.15) is 17.0 Å². The Hall–Kier alpha value is -3.55. The average molecular weight is 468 g/mol. The first-order chi connectivity index (χ1) is 16.1. The number of nitrogens with zero attached hydrogens (tertiary/aromatic N) is 1. The van der Waals surface area contributed by atoms with Crippen molar-refractivity contribution in [3.63, 3.8) is 0 Å². The Morgan fingerprint density at radius 1 is 1.03 bits per heavy atom. The number of oxazole rings is 1. The summed E-state index contributed by atoms with van der Waals surface area (Å²) in [4.78, 5) is 15.8. The van der Waals surface area contributed by atoms with Gasteiger partial charge in [-0.1, -0.05) is 41.9 Å². The number of fused-ring (bicyclic) bond motifs is 1. The van der Waals surface area contributed by atoms with Crippen LogP contribution in [0, 0.1) is 0 Å². The molecule has 7 nitrogen and oxygen atoms in total. The summed E-state index contributed by atoms with van der Waals surface area (Å²) in [6.07, 6.45) is -0.000606. The van der Waals surface area contributed by atoms with Gasteiger partial charge in [0.15, 0.2) is 11.7 Å². The maximum Gasteiger partial charge on any atom is 0.400 e. The molecule has 1 unspecified atom stereocenters. The van der Waals surface area contributed by atoms with Gasteiger partial charge in [0.05, 0.1) is 6.61 Å². The van der Waals surface area contributed by atoms with E-state index in [-0.39, 0.29) is 6.08 Å². The van der Waals surface area contributed by atoms with E-state index in [1.807, 2.05) is 30.3 Å². The quantitative estimate of drug-likeness (QED) is 0.266. The molecule has 0 saturated heterocycles. The molecular weight excluding hydrogens is 446 g/mol. The predicted octanol–water partition coefficient (Wildman–Crippen LogP) is 6.10. The summed E-state index contributed by atoms with van der Waals surface area (Å²) in [6.45, 7) is 0.943. The van der Waals surface area contributed by atoms with Gasteiger partial charge in [0.25, 0.3) is 0 Å². The van der Waals surface area contributed by atoms with Crippen molar-refractivity contribution in [2.24, 2.45) is 0 Å². The minimum absolute atomic E-state index is 0.0832. The summed E-state index contributed by atoms with van der Waals surface area (Å²) in [5.41, 5.74) is 2.23. The van der Waals surface area contributed by atoms with Crippen LogP contribution in [-0.4, -0.2) is 28.8 Å². The minimum atomic E-state index is -1.02. The first kappa shape index (κ1) is 22.6. The third kappa shape index (κ3) is 6.47. The molecule has 0 saturated carbocycles. The Kier molecular flexibility index (Phi) is 7.44. The lowest BCUT2D eigenvalue weighted by atomic mass is 10.2. The fourth-order valence-electron chi connectivity index (χ4n) is 3.14. The van der Waals surface area contributed by atoms with Crippen LogP contribution in [0.4, 0.5) is 0 Å². The maximum atomic E-state index is 11.6. The highest BCUT2D eigenvalue weighted by Crippen LogP contribution is 2.28. The van der Waals surface area contributed by atoms with E-state index in [4.69, 9.17) is 30.2 Å². The predicted molar refractivity (Wildman–Crippen MR) is 123 cm³/mol. The number of halogens is 1. The standard InChI is InChI=1S/C25H22ClNO6/c26-18-8-13-21-23(15-18)33-25(27-21)32-20-11-9-19(10-12-20)31-22(24(28)29)7-4-14-30-16-17-5-2-1-3-6-17/h1-3,5-6,8-13,15,22H,4,7,14,16H2,(H,28,29). The molecule has 170 valence electrons. The molecule has 33 heavy (non-hydrogen) atoms. The molecule has 0 aliphatic carbocycles. The first-order valence-electron chi connectivity index (χ1n) is 10.4. The number of carbonyl (C=O) groups is 1. The normalized spacial score (nSPS) is 11.9. The molecule has 4 rings (SSSR count). The van der Waals surface area contributed by atoms with E-state index in [1.165, 1.54) is 0 Å². The van der Waals surface area contributed by atoms with E-state index < -0.39 is 12.1 Å². The van der Waals surface area contributed by atoms with Crippen LogP contribution in [0.2, 0.25) is 5.02 Å². The number of aromatic nitrogens is 1. The van der Waals surface area contributed by atoms with Crippen LogP contribution < -0.4 is 9.47 Å². The highest BCUT2D eigenvalue weighted by Gasteiger charge is 2.19. The molecule has 0 spiro atoms. The van der Waals surface area contributed by atoms with Crippen molar-refractivity contribution < 1.29 is 28.5 Å². The van der Waals surface area contributed by atoms with Gasteiger partial charge < -0.3 is 23.7 Å². The molecule has 1 heterocycles. The van der Waals surface area contributed by atoms with Gasteiger partial charge in [-0.15, -0.1) is 0 Å². The lowest BCUT2D eigenvalue weighted by Crippen LogP contribution is -2.27. The highest BCUT2D eigenvalue weighted by molar-refractivity contribution is 6.31. The molecule has 3 aromatic carbocycles. The molecule has 1 atom stereocenters. The second-order valence-electron chi connectivity index (χ2n) is 7.29. The second-order valence-corrected chi connectivity index (χ2v) is 7.73. The van der Waals surface area contributed by atoms with Crippen molar-refractivity contribution in [2.75, 3.05) is 6.61 Å². The number of benzene rings is 3. The number of carboxylic acids is 1. The highest BCUT2D eigenvalue weighted by atomic mass is 35.5. The van der Waals surface area contributed by atoms with Gasteiger partial charge in [-0.2, -0.15) is 4.98 Å². The van der Waals surface area contributed by atoms with E-state index in [0.717, 1.165) is 5.56 Å². The first-order valence-corrected chi connectivity index (χ1v) is 10.8. The minimum Gasteiger partial charge on any atom is -0.479 e. The molecule has 1 aromatic heterocycles. The summed E-state index contributed by atoms with van der Waals surface area (Å²) in [6, 6.07) is 21.5. The van der Waals surface area contributed by atoms with Crippen LogP contribution in [0.15, 0.2) is 77.2 Å². The lowest BCUT2D eigenvalue weighted by molar-refractivity contribution is -0.145. The fourth-order valence-corrected chi connectivity index (χ4v) is 3.30. The molecule has 0 amide bonds. The smallest absolute Gasteiger partial charge is 0.400 e. The summed E-state index contributed by atoms with van der Waals surface area (Å²) in [5.74, 6) is -0.131. The monoisotopic (exact) mass is 467 g/mol. The number of ether oxygens (including phenoxy) is 3. The van der Waals surface area contributed by atoms with Crippen molar-refractivity contribution in [2.45, 2.75) is 25.6 Å². The molecule has 0 fully saturated rings. The lowest BCUT2D eigenvalue weighted by Gasteiger charge is -2.15. The van der Waals surface area contributed by atoms with Gasteiger partial charge in [0, 0.05) is 17.7 Å². The topological polar surface area (TPSA) is 91.0 Å². The van der Waals surface area contributed by atoms with Gasteiger partial charge in [-0.25, -0.2) is 4.79 Å². The Balaban J connectivity index is 1.27. The number of carboxylic acid groups (broad SMARTS) is 1. The van der Waals surface area contributed by atoms with E-state index in [1.54, 1.807) is 42.5 Å². The molecule has 0 bridgehead atoms. The fraction of sp³-hybridized carbons (Fsp3) is 0.200. The Morgan fingerprint density at radius 3 is 2.55 bits per heavy atom. The summed E-state index contributed by atoms with van der Waals surface area (Å²) in [5, 5.41) is 10.0. The largest absolute Gasteiger partial charge is 0.479 e. The van der Waals surface area contributed by atoms with Crippen LogP contribution in [0.3, 0.4) is 0 Å². The van der Waals surface area contributed by atoms with Gasteiger partial charge in [-0.05, 0) is 54.8 Å². The van der Waals surface area contributed by atoms with Crippen LogP contribution in [0.5, 0.6) is 17.6 Å². The molecule has 1 N–H and O–H groups in total. The van der Waals surface area contributed by atoms with Crippen molar-refractivity contribution in [3.05, 3.63) is 83.4 Å². The van der Waals surface area contributed by atoms with E-state index >= 15 is 0 Å². The molecule has 0 aliphatic rings. The van der Waals surface area contributed by atoms with Crippen LogP contribution in [0.25, 0.3) is 11.1 Å². The Labute approximate surface area is 195 Å². The molecule has 0 aliphatic heterocycles. The van der Waals surface area contributed by atoms with Crippen LogP contribution in [-0.2, 0) is 16.1 Å². The third-order valence-electron chi connectivity index (χ3n) is 4.78. The Morgan fingerprint density at radius 2 is 1.79 bits per heavy atom. The van der Waals surface area contributed by atoms with Crippen LogP contribution >= 0.6 is 11.6 Å². The number of hydrogen-bond acceptors (Lipinski definition) is 6. The van der Waals surface area contributed by atoms with E-state index in [0.29, 0.717) is 53.7 Å². The van der Waals surface area contributed by atoms with E-state index in [2.05, 4.69) is 4.98 Å². The number of aliphatic carboxylic acids is 1. The average Bonchev–Trinajstić information content (AvgIpc) is 3.21. The van der Waals surface area contributed by atoms with Gasteiger partial charge in [0.2, 0.25) is 0 Å². The molecule has 0 radical (unpaired) electrons. The van der Waals surface area contributed by atoms with E-state index in [9.17, 15) is 9.90 Å². The van der Waals surface area contributed by atoms with Crippen LogP contribution in [0.1, 0.15) is 18.4 Å². The summed E-state index contributed by atoms with van der Waals surface area (Å²) in [7, 11) is 0. The van der Waals surface area contributed by atoms with Crippen molar-refractivity contribution in [1.82, 2.24) is 4.98 Å². The van der Waals surface area contributed by atoms with Crippen molar-refractivity contribution in [3.8, 4) is 17.6 Å². The van der Waals surface area contributed by atoms with Crippen molar-refractivity contribution >= 4 is 28.7 Å². The molecule has 8 heteroatoms. The molecular formula is C25H22ClNO6. The van der Waals surface area contributed by atoms with Crippen molar-refractivity contribution in [1.29, 1.82) is 0 Å². The second kappa shape index (κ2) is 10.8.